The van der Waals surface area contributed by atoms with E-state index in [1.54, 1.807) is 25.3 Å². The van der Waals surface area contributed by atoms with Gasteiger partial charge in [0, 0.05) is 5.02 Å². The largest absolute Gasteiger partial charge is 0.495 e. The third-order valence-corrected chi connectivity index (χ3v) is 3.98. The maximum atomic E-state index is 12.1. The maximum Gasteiger partial charge on any atom is 0.280 e. The van der Waals surface area contributed by atoms with Crippen molar-refractivity contribution in [1.29, 1.82) is 0 Å². The van der Waals surface area contributed by atoms with Crippen LogP contribution in [0.1, 0.15) is 0 Å². The third-order valence-electron chi connectivity index (χ3n) is 2.87. The van der Waals surface area contributed by atoms with Crippen molar-refractivity contribution in [2.45, 2.75) is 0 Å². The summed E-state index contributed by atoms with van der Waals surface area (Å²) in [5.74, 6) is 0.792. The predicted molar refractivity (Wildman–Crippen MR) is 87.3 cm³/mol. The highest BCUT2D eigenvalue weighted by Crippen LogP contribution is 2.29. The lowest BCUT2D eigenvalue weighted by molar-refractivity contribution is 0.417. The number of aromatic amines is 1. The van der Waals surface area contributed by atoms with Crippen molar-refractivity contribution in [2.24, 2.45) is 0 Å². The maximum absolute atomic E-state index is 12.1. The lowest BCUT2D eigenvalue weighted by Crippen LogP contribution is -2.15. The molecule has 0 saturated carbocycles. The van der Waals surface area contributed by atoms with Crippen LogP contribution in [0.4, 0.5) is 11.6 Å². The van der Waals surface area contributed by atoms with E-state index in [9.17, 15) is 4.79 Å². The molecule has 0 saturated heterocycles. The fraction of sp³-hybridized carbons (Fsp3) is 0.0714. The van der Waals surface area contributed by atoms with Gasteiger partial charge in [-0.05, 0) is 29.6 Å². The Balaban J connectivity index is 1.93. The number of methoxy groups -OCH3 is 1. The predicted octanol–water partition coefficient (Wildman–Crippen LogP) is 3.30. The van der Waals surface area contributed by atoms with E-state index in [2.05, 4.69) is 20.5 Å². The van der Waals surface area contributed by atoms with E-state index in [-0.39, 0.29) is 11.5 Å². The number of nitrogens with zero attached hydrogens (tertiary/aromatic N) is 2. The number of hydrogen-bond donors (Lipinski definition) is 2. The summed E-state index contributed by atoms with van der Waals surface area (Å²) >= 11 is 7.39. The first-order valence-electron chi connectivity index (χ1n) is 6.29. The van der Waals surface area contributed by atoms with Gasteiger partial charge in [0.2, 0.25) is 5.95 Å². The number of anilines is 2. The van der Waals surface area contributed by atoms with Gasteiger partial charge in [-0.3, -0.25) is 9.78 Å². The molecule has 112 valence electrons. The molecule has 0 aliphatic carbocycles. The normalized spacial score (nSPS) is 10.5. The molecule has 0 spiro atoms. The zero-order valence-electron chi connectivity index (χ0n) is 11.5. The topological polar surface area (TPSA) is 79.9 Å². The molecule has 2 aromatic heterocycles. The minimum absolute atomic E-state index is 0.214. The Labute approximate surface area is 134 Å². The van der Waals surface area contributed by atoms with Crippen molar-refractivity contribution in [1.82, 2.24) is 15.2 Å². The molecule has 0 fully saturated rings. The van der Waals surface area contributed by atoms with Crippen molar-refractivity contribution in [2.75, 3.05) is 12.4 Å². The van der Waals surface area contributed by atoms with Crippen molar-refractivity contribution in [3.05, 3.63) is 51.1 Å². The van der Waals surface area contributed by atoms with E-state index in [0.29, 0.717) is 22.2 Å². The third kappa shape index (κ3) is 2.95. The second-order valence-electron chi connectivity index (χ2n) is 4.30. The van der Waals surface area contributed by atoms with Gasteiger partial charge in [0.25, 0.3) is 5.56 Å². The smallest absolute Gasteiger partial charge is 0.280 e. The second-order valence-corrected chi connectivity index (χ2v) is 5.68. The SMILES string of the molecule is COc1ccc(Cl)cc1Nc1nnc(-c2cccs2)c(=O)[nH]1. The van der Waals surface area contributed by atoms with Crippen molar-refractivity contribution < 1.29 is 4.74 Å². The van der Waals surface area contributed by atoms with Crippen LogP contribution in [0.2, 0.25) is 5.02 Å². The van der Waals surface area contributed by atoms with Gasteiger partial charge in [-0.15, -0.1) is 21.5 Å². The second kappa shape index (κ2) is 6.17. The molecule has 22 heavy (non-hydrogen) atoms. The van der Waals surface area contributed by atoms with Crippen LogP contribution in [-0.2, 0) is 0 Å². The number of benzene rings is 1. The Bertz CT molecular complexity index is 848. The van der Waals surface area contributed by atoms with E-state index in [0.717, 1.165) is 4.88 Å². The number of halogens is 1. The number of nitrogens with one attached hydrogen (secondary N) is 2. The van der Waals surface area contributed by atoms with Crippen LogP contribution in [0.15, 0.2) is 40.5 Å². The van der Waals surface area contributed by atoms with E-state index >= 15 is 0 Å². The summed E-state index contributed by atoms with van der Waals surface area (Å²) in [6.45, 7) is 0. The van der Waals surface area contributed by atoms with Gasteiger partial charge in [-0.1, -0.05) is 17.7 Å². The summed E-state index contributed by atoms with van der Waals surface area (Å²) in [4.78, 5) is 15.5. The standard InChI is InChI=1S/C14H11ClN4O2S/c1-21-10-5-4-8(15)7-9(10)16-14-17-13(20)12(18-19-14)11-3-2-6-22-11/h2-7H,1H3,(H2,16,17,19,20). The van der Waals surface area contributed by atoms with Gasteiger partial charge >= 0.3 is 0 Å². The van der Waals surface area contributed by atoms with Crippen LogP contribution in [0.25, 0.3) is 10.6 Å². The van der Waals surface area contributed by atoms with Crippen molar-refractivity contribution in [3.8, 4) is 16.3 Å². The molecule has 1 aromatic carbocycles. The summed E-state index contributed by atoms with van der Waals surface area (Å²) in [5, 5.41) is 13.3. The van der Waals surface area contributed by atoms with Crippen LogP contribution in [-0.4, -0.2) is 22.3 Å². The van der Waals surface area contributed by atoms with Gasteiger partial charge in [-0.25, -0.2) is 0 Å². The average Bonchev–Trinajstić information content (AvgIpc) is 3.02. The number of hydrogen-bond acceptors (Lipinski definition) is 6. The van der Waals surface area contributed by atoms with Gasteiger partial charge in [0.15, 0.2) is 5.69 Å². The van der Waals surface area contributed by atoms with Crippen molar-refractivity contribution in [3.63, 3.8) is 0 Å². The molecule has 0 aliphatic heterocycles. The summed E-state index contributed by atoms with van der Waals surface area (Å²) < 4.78 is 5.23. The van der Waals surface area contributed by atoms with Gasteiger partial charge in [0.05, 0.1) is 17.7 Å². The fourth-order valence-electron chi connectivity index (χ4n) is 1.87. The quantitative estimate of drug-likeness (QED) is 0.765. The van der Waals surface area contributed by atoms with E-state index in [1.165, 1.54) is 11.3 Å². The molecular formula is C14H11ClN4O2S. The minimum Gasteiger partial charge on any atom is -0.495 e. The summed E-state index contributed by atoms with van der Waals surface area (Å²) in [6, 6.07) is 8.77. The van der Waals surface area contributed by atoms with Crippen LogP contribution in [0, 0.1) is 0 Å². The average molecular weight is 335 g/mol. The Hall–Kier alpha value is -2.38. The first-order chi connectivity index (χ1) is 10.7. The van der Waals surface area contributed by atoms with Crippen LogP contribution >= 0.6 is 22.9 Å². The van der Waals surface area contributed by atoms with Crippen molar-refractivity contribution >= 4 is 34.6 Å². The molecule has 0 unspecified atom stereocenters. The molecule has 2 N–H and O–H groups in total. The molecule has 0 radical (unpaired) electrons. The van der Waals surface area contributed by atoms with Crippen LogP contribution in [0.3, 0.4) is 0 Å². The summed E-state index contributed by atoms with van der Waals surface area (Å²) in [6.07, 6.45) is 0. The minimum atomic E-state index is -0.319. The Kier molecular flexibility index (Phi) is 4.08. The number of ether oxygens (including phenoxy) is 1. The molecule has 0 bridgehead atoms. The highest BCUT2D eigenvalue weighted by Gasteiger charge is 2.10. The molecule has 2 heterocycles. The molecule has 3 rings (SSSR count). The van der Waals surface area contributed by atoms with E-state index in [1.807, 2.05) is 17.5 Å². The molecule has 0 amide bonds. The van der Waals surface area contributed by atoms with E-state index in [4.69, 9.17) is 16.3 Å². The van der Waals surface area contributed by atoms with Gasteiger partial charge < -0.3 is 10.1 Å². The lowest BCUT2D eigenvalue weighted by Gasteiger charge is -2.10. The van der Waals surface area contributed by atoms with Crippen LogP contribution in [0.5, 0.6) is 5.75 Å². The monoisotopic (exact) mass is 334 g/mol. The number of aromatic nitrogens is 3. The lowest BCUT2D eigenvalue weighted by atomic mass is 10.3. The molecule has 0 aliphatic rings. The van der Waals surface area contributed by atoms with Gasteiger partial charge in [0.1, 0.15) is 5.75 Å². The highest BCUT2D eigenvalue weighted by molar-refractivity contribution is 7.13. The summed E-state index contributed by atoms with van der Waals surface area (Å²) in [7, 11) is 1.54. The number of H-pyrrole nitrogens is 1. The Morgan fingerprint density at radius 2 is 2.18 bits per heavy atom. The Morgan fingerprint density at radius 3 is 2.86 bits per heavy atom. The Morgan fingerprint density at radius 1 is 1.32 bits per heavy atom. The molecular weight excluding hydrogens is 324 g/mol. The molecule has 0 atom stereocenters. The first-order valence-corrected chi connectivity index (χ1v) is 7.54. The fourth-order valence-corrected chi connectivity index (χ4v) is 2.75. The first kappa shape index (κ1) is 14.6. The molecule has 6 nitrogen and oxygen atoms in total. The molecule has 8 heteroatoms. The van der Waals surface area contributed by atoms with Gasteiger partial charge in [-0.2, -0.15) is 0 Å². The summed E-state index contributed by atoms with van der Waals surface area (Å²) in [5.41, 5.74) is 0.559. The zero-order valence-corrected chi connectivity index (χ0v) is 13.0. The number of thiophene rings is 1. The van der Waals surface area contributed by atoms with Crippen LogP contribution < -0.4 is 15.6 Å². The molecule has 3 aromatic rings. The van der Waals surface area contributed by atoms with E-state index < -0.39 is 0 Å². The highest BCUT2D eigenvalue weighted by atomic mass is 35.5. The number of rotatable bonds is 4. The zero-order chi connectivity index (χ0) is 15.5.